The minimum Gasteiger partial charge on any atom is -0.356 e. The smallest absolute Gasteiger partial charge is 0.191 e. The van der Waals surface area contributed by atoms with E-state index in [4.69, 9.17) is 0 Å². The summed E-state index contributed by atoms with van der Waals surface area (Å²) in [6, 6.07) is 9.14. The molecule has 1 aromatic carbocycles. The molecule has 0 saturated heterocycles. The molecule has 6 heteroatoms. The van der Waals surface area contributed by atoms with Gasteiger partial charge in [-0.1, -0.05) is 45.0 Å². The van der Waals surface area contributed by atoms with Crippen molar-refractivity contribution in [3.63, 3.8) is 0 Å². The van der Waals surface area contributed by atoms with Crippen LogP contribution in [-0.2, 0) is 18.9 Å². The predicted molar refractivity (Wildman–Crippen MR) is 118 cm³/mol. The maximum absolute atomic E-state index is 4.40. The minimum atomic E-state index is 0.00813. The minimum absolute atomic E-state index is 0.00813. The van der Waals surface area contributed by atoms with Gasteiger partial charge in [0.25, 0.3) is 0 Å². The second-order valence-electron chi connectivity index (χ2n) is 8.17. The molecule has 0 fully saturated rings. The van der Waals surface area contributed by atoms with E-state index in [2.05, 4.69) is 91.0 Å². The summed E-state index contributed by atoms with van der Waals surface area (Å²) in [5.41, 5.74) is 3.89. The van der Waals surface area contributed by atoms with E-state index in [1.54, 1.807) is 0 Å². The Bertz CT molecular complexity index is 758. The van der Waals surface area contributed by atoms with E-state index >= 15 is 0 Å². The number of guanidine groups is 1. The summed E-state index contributed by atoms with van der Waals surface area (Å²) in [6.07, 6.45) is 5.05. The maximum atomic E-state index is 4.40. The molecule has 1 atom stereocenters. The molecule has 0 aliphatic rings. The van der Waals surface area contributed by atoms with Gasteiger partial charge in [0.1, 0.15) is 0 Å². The van der Waals surface area contributed by atoms with Gasteiger partial charge in [0.05, 0.1) is 12.2 Å². The van der Waals surface area contributed by atoms with Crippen LogP contribution >= 0.6 is 0 Å². The van der Waals surface area contributed by atoms with Crippen LogP contribution in [0.2, 0.25) is 0 Å². The van der Waals surface area contributed by atoms with Gasteiger partial charge in [-0.15, -0.1) is 0 Å². The summed E-state index contributed by atoms with van der Waals surface area (Å²) >= 11 is 0. The summed E-state index contributed by atoms with van der Waals surface area (Å²) in [6.45, 7) is 8.25. The normalized spacial score (nSPS) is 13.6. The van der Waals surface area contributed by atoms with Gasteiger partial charge in [0.2, 0.25) is 0 Å². The average molecular weight is 385 g/mol. The Kier molecular flexibility index (Phi) is 7.63. The number of benzene rings is 1. The molecular formula is C22H36N6. The highest BCUT2D eigenvalue weighted by molar-refractivity contribution is 5.79. The van der Waals surface area contributed by atoms with Crippen LogP contribution in [0.1, 0.15) is 43.5 Å². The zero-order chi connectivity index (χ0) is 20.7. The average Bonchev–Trinajstić information content (AvgIpc) is 3.10. The number of hydrogen-bond acceptors (Lipinski definition) is 3. The summed E-state index contributed by atoms with van der Waals surface area (Å²) in [7, 11) is 7.92. The van der Waals surface area contributed by atoms with Crippen molar-refractivity contribution in [3.8, 4) is 0 Å². The molecule has 0 amide bonds. The zero-order valence-electron chi connectivity index (χ0n) is 18.5. The molecule has 1 unspecified atom stereocenters. The molecule has 6 nitrogen and oxygen atoms in total. The monoisotopic (exact) mass is 384 g/mol. The van der Waals surface area contributed by atoms with Gasteiger partial charge < -0.3 is 15.5 Å². The van der Waals surface area contributed by atoms with Crippen molar-refractivity contribution in [2.75, 3.05) is 34.2 Å². The third kappa shape index (κ3) is 5.83. The fourth-order valence-corrected chi connectivity index (χ4v) is 3.22. The Hall–Kier alpha value is -2.34. The quantitative estimate of drug-likeness (QED) is 0.543. The second-order valence-corrected chi connectivity index (χ2v) is 8.17. The molecule has 0 aliphatic heterocycles. The number of aryl methyl sites for hydroxylation is 2. The number of nitrogens with zero attached hydrogens (tertiary/aromatic N) is 4. The molecule has 0 radical (unpaired) electrons. The molecule has 2 N–H and O–H groups in total. The lowest BCUT2D eigenvalue weighted by Gasteiger charge is -2.28. The Morgan fingerprint density at radius 2 is 1.89 bits per heavy atom. The lowest BCUT2D eigenvalue weighted by atomic mass is 9.84. The third-order valence-electron chi connectivity index (χ3n) is 5.26. The lowest BCUT2D eigenvalue weighted by molar-refractivity contribution is 0.298. The summed E-state index contributed by atoms with van der Waals surface area (Å²) in [5, 5.41) is 11.2. The van der Waals surface area contributed by atoms with Gasteiger partial charge in [0, 0.05) is 44.4 Å². The van der Waals surface area contributed by atoms with E-state index in [-0.39, 0.29) is 11.5 Å². The van der Waals surface area contributed by atoms with Crippen molar-refractivity contribution >= 4 is 5.96 Å². The van der Waals surface area contributed by atoms with E-state index in [9.17, 15) is 0 Å². The molecule has 154 valence electrons. The first-order chi connectivity index (χ1) is 13.3. The Labute approximate surface area is 170 Å². The molecule has 0 saturated carbocycles. The van der Waals surface area contributed by atoms with Crippen molar-refractivity contribution in [2.45, 2.75) is 38.6 Å². The van der Waals surface area contributed by atoms with Crippen molar-refractivity contribution < 1.29 is 0 Å². The van der Waals surface area contributed by atoms with Crippen LogP contribution in [0.5, 0.6) is 0 Å². The number of aliphatic imine (C=N–C) groups is 1. The van der Waals surface area contributed by atoms with Crippen LogP contribution in [0.15, 0.2) is 41.7 Å². The molecule has 0 spiro atoms. The summed E-state index contributed by atoms with van der Waals surface area (Å²) in [5.74, 6) is 0.814. The fraction of sp³-hybridized carbons (Fsp3) is 0.545. The number of hydrogen-bond donors (Lipinski definition) is 2. The zero-order valence-corrected chi connectivity index (χ0v) is 18.5. The molecule has 2 aromatic rings. The van der Waals surface area contributed by atoms with Crippen LogP contribution in [0.25, 0.3) is 0 Å². The van der Waals surface area contributed by atoms with E-state index in [1.165, 1.54) is 16.7 Å². The molecule has 2 rings (SSSR count). The number of likely N-dealkylation sites (N-methyl/N-ethyl adjacent to an activating group) is 1. The highest BCUT2D eigenvalue weighted by Gasteiger charge is 2.21. The Morgan fingerprint density at radius 1 is 1.21 bits per heavy atom. The van der Waals surface area contributed by atoms with Crippen LogP contribution in [0, 0.1) is 0 Å². The standard InChI is InChI=1S/C22H36N6/c1-8-17-9-11-19(12-10-17)22(2,3)16-25-21(23-4)24-14-20(27(5)6)18-13-26-28(7)15-18/h9-13,15,20H,8,14,16H2,1-7H3,(H2,23,24,25). The van der Waals surface area contributed by atoms with Crippen molar-refractivity contribution in [2.24, 2.45) is 12.0 Å². The topological polar surface area (TPSA) is 57.5 Å². The third-order valence-corrected chi connectivity index (χ3v) is 5.26. The SMILES string of the molecule is CCc1ccc(C(C)(C)CNC(=NC)NCC(c2cnn(C)c2)N(C)C)cc1. The predicted octanol–water partition coefficient (Wildman–Crippen LogP) is 2.73. The maximum Gasteiger partial charge on any atom is 0.191 e. The van der Waals surface area contributed by atoms with Gasteiger partial charge in [-0.2, -0.15) is 5.10 Å². The number of aromatic nitrogens is 2. The van der Waals surface area contributed by atoms with Crippen LogP contribution < -0.4 is 10.6 Å². The summed E-state index contributed by atoms with van der Waals surface area (Å²) < 4.78 is 1.84. The van der Waals surface area contributed by atoms with E-state index < -0.39 is 0 Å². The van der Waals surface area contributed by atoms with E-state index in [0.717, 1.165) is 25.5 Å². The van der Waals surface area contributed by atoms with Crippen molar-refractivity contribution in [1.29, 1.82) is 0 Å². The Morgan fingerprint density at radius 3 is 2.39 bits per heavy atom. The first-order valence-electron chi connectivity index (χ1n) is 9.95. The fourth-order valence-electron chi connectivity index (χ4n) is 3.22. The number of nitrogens with one attached hydrogen (secondary N) is 2. The van der Waals surface area contributed by atoms with Crippen LogP contribution in [0.3, 0.4) is 0 Å². The first kappa shape index (κ1) is 22.0. The highest BCUT2D eigenvalue weighted by Crippen LogP contribution is 2.23. The van der Waals surface area contributed by atoms with Gasteiger partial charge in [0.15, 0.2) is 5.96 Å². The van der Waals surface area contributed by atoms with Crippen LogP contribution in [0.4, 0.5) is 0 Å². The molecular weight excluding hydrogens is 348 g/mol. The van der Waals surface area contributed by atoms with Crippen molar-refractivity contribution in [3.05, 3.63) is 53.3 Å². The second kappa shape index (κ2) is 9.73. The molecule has 0 bridgehead atoms. The lowest BCUT2D eigenvalue weighted by Crippen LogP contribution is -2.45. The number of rotatable bonds is 8. The molecule has 28 heavy (non-hydrogen) atoms. The molecule has 1 heterocycles. The molecule has 1 aromatic heterocycles. The largest absolute Gasteiger partial charge is 0.356 e. The summed E-state index contributed by atoms with van der Waals surface area (Å²) in [4.78, 5) is 6.59. The van der Waals surface area contributed by atoms with Crippen LogP contribution in [-0.4, -0.2) is 54.9 Å². The first-order valence-corrected chi connectivity index (χ1v) is 9.95. The molecule has 0 aliphatic carbocycles. The van der Waals surface area contributed by atoms with Gasteiger partial charge >= 0.3 is 0 Å². The Balaban J connectivity index is 1.95. The highest BCUT2D eigenvalue weighted by atomic mass is 15.3. The van der Waals surface area contributed by atoms with Gasteiger partial charge in [-0.25, -0.2) is 0 Å². The van der Waals surface area contributed by atoms with E-state index in [1.807, 2.05) is 25.0 Å². The van der Waals surface area contributed by atoms with Gasteiger partial charge in [-0.3, -0.25) is 9.67 Å². The van der Waals surface area contributed by atoms with E-state index in [0.29, 0.717) is 0 Å². The van der Waals surface area contributed by atoms with Gasteiger partial charge in [-0.05, 0) is 31.6 Å². The van der Waals surface area contributed by atoms with Crippen molar-refractivity contribution in [1.82, 2.24) is 25.3 Å².